The van der Waals surface area contributed by atoms with Gasteiger partial charge in [-0.1, -0.05) is 6.58 Å². The Hall–Kier alpha value is -0.950. The number of ether oxygens (including phenoxy) is 1. The Morgan fingerprint density at radius 1 is 1.38 bits per heavy atom. The molecule has 0 aromatic heterocycles. The highest BCUT2D eigenvalue weighted by Gasteiger charge is 2.34. The van der Waals surface area contributed by atoms with Crippen molar-refractivity contribution in [3.8, 4) is 0 Å². The molecule has 0 aliphatic carbocycles. The van der Waals surface area contributed by atoms with Gasteiger partial charge in [0.15, 0.2) is 0 Å². The van der Waals surface area contributed by atoms with Gasteiger partial charge in [-0.3, -0.25) is 0 Å². The molecular weight excluding hydrogens is 216 g/mol. The Labute approximate surface area is 94.8 Å². The molecule has 1 unspecified atom stereocenters. The van der Waals surface area contributed by atoms with Crippen molar-refractivity contribution in [1.82, 2.24) is 0 Å². The van der Waals surface area contributed by atoms with Crippen molar-refractivity contribution in [3.63, 3.8) is 0 Å². The molecule has 0 aromatic carbocycles. The third-order valence-electron chi connectivity index (χ3n) is 2.34. The maximum Gasteiger partial charge on any atom is 0.327 e. The van der Waals surface area contributed by atoms with E-state index in [2.05, 4.69) is 6.58 Å². The molecule has 0 saturated heterocycles. The average Bonchev–Trinajstić information content (AvgIpc) is 2.32. The summed E-state index contributed by atoms with van der Waals surface area (Å²) in [6.45, 7) is 3.81. The molecule has 0 aromatic rings. The van der Waals surface area contributed by atoms with Crippen molar-refractivity contribution in [2.24, 2.45) is 5.41 Å². The molecule has 0 spiro atoms. The minimum absolute atomic E-state index is 0.283. The first kappa shape index (κ1) is 17.4. The van der Waals surface area contributed by atoms with E-state index in [1.54, 1.807) is 6.92 Å². The minimum Gasteiger partial charge on any atom is -0.478 e. The smallest absolute Gasteiger partial charge is 0.327 e. The largest absolute Gasteiger partial charge is 0.478 e. The summed E-state index contributed by atoms with van der Waals surface area (Å²) in [5.41, 5.74) is -0.922. The van der Waals surface area contributed by atoms with Crippen molar-refractivity contribution < 1.29 is 30.0 Å². The number of carbonyl (C=O) groups is 1. The van der Waals surface area contributed by atoms with Crippen molar-refractivity contribution in [2.45, 2.75) is 13.0 Å². The first-order valence-electron chi connectivity index (χ1n) is 4.64. The van der Waals surface area contributed by atoms with Crippen LogP contribution in [0.15, 0.2) is 12.7 Å². The number of methoxy groups -OCH3 is 1. The summed E-state index contributed by atoms with van der Waals surface area (Å²) in [5.74, 6) is -0.981. The van der Waals surface area contributed by atoms with Gasteiger partial charge >= 0.3 is 5.97 Å². The SMILES string of the molecule is C=CC(=O)O.COC(C)C(CO)(CO)CO. The maximum absolute atomic E-state index is 9.25. The normalized spacial score (nSPS) is 12.3. The molecule has 0 aliphatic rings. The Morgan fingerprint density at radius 2 is 1.69 bits per heavy atom. The van der Waals surface area contributed by atoms with Gasteiger partial charge in [-0.15, -0.1) is 0 Å². The lowest BCUT2D eigenvalue weighted by Crippen LogP contribution is -2.44. The van der Waals surface area contributed by atoms with Gasteiger partial charge in [0.2, 0.25) is 0 Å². The van der Waals surface area contributed by atoms with E-state index in [9.17, 15) is 4.79 Å². The second kappa shape index (κ2) is 9.29. The molecule has 0 aliphatic heterocycles. The Kier molecular flexibility index (Phi) is 10.1. The molecule has 0 rings (SSSR count). The Morgan fingerprint density at radius 3 is 1.75 bits per heavy atom. The lowest BCUT2D eigenvalue weighted by Gasteiger charge is -2.32. The van der Waals surface area contributed by atoms with Crippen LogP contribution in [0.2, 0.25) is 0 Å². The summed E-state index contributed by atoms with van der Waals surface area (Å²) >= 11 is 0. The molecular formula is C10H20O6. The number of hydrogen-bond donors (Lipinski definition) is 4. The summed E-state index contributed by atoms with van der Waals surface area (Å²) in [7, 11) is 1.47. The van der Waals surface area contributed by atoms with Crippen molar-refractivity contribution in [3.05, 3.63) is 12.7 Å². The number of hydrogen-bond acceptors (Lipinski definition) is 5. The van der Waals surface area contributed by atoms with Crippen LogP contribution in [0.4, 0.5) is 0 Å². The molecule has 16 heavy (non-hydrogen) atoms. The fourth-order valence-electron chi connectivity index (χ4n) is 0.786. The van der Waals surface area contributed by atoms with Crippen LogP contribution in [0.5, 0.6) is 0 Å². The van der Waals surface area contributed by atoms with E-state index in [1.165, 1.54) is 7.11 Å². The predicted molar refractivity (Wildman–Crippen MR) is 58.0 cm³/mol. The summed E-state index contributed by atoms with van der Waals surface area (Å²) in [5, 5.41) is 34.2. The van der Waals surface area contributed by atoms with Gasteiger partial charge in [0.05, 0.1) is 31.3 Å². The highest BCUT2D eigenvalue weighted by molar-refractivity contribution is 5.78. The number of carboxylic acids is 1. The Bertz CT molecular complexity index is 191. The highest BCUT2D eigenvalue weighted by atomic mass is 16.5. The van der Waals surface area contributed by atoms with Gasteiger partial charge in [-0.25, -0.2) is 4.79 Å². The third kappa shape index (κ3) is 5.82. The highest BCUT2D eigenvalue weighted by Crippen LogP contribution is 2.21. The quantitative estimate of drug-likeness (QED) is 0.452. The fourth-order valence-corrected chi connectivity index (χ4v) is 0.786. The average molecular weight is 236 g/mol. The minimum atomic E-state index is -0.981. The molecule has 0 heterocycles. The number of rotatable bonds is 6. The topological polar surface area (TPSA) is 107 Å². The summed E-state index contributed by atoms with van der Waals surface area (Å²) < 4.78 is 4.91. The number of aliphatic carboxylic acids is 1. The second-order valence-corrected chi connectivity index (χ2v) is 3.26. The summed E-state index contributed by atoms with van der Waals surface area (Å²) in [6.07, 6.45) is 0.475. The van der Waals surface area contributed by atoms with E-state index >= 15 is 0 Å². The third-order valence-corrected chi connectivity index (χ3v) is 2.34. The van der Waals surface area contributed by atoms with E-state index in [4.69, 9.17) is 25.2 Å². The number of aliphatic hydroxyl groups is 3. The first-order chi connectivity index (χ1) is 7.43. The maximum atomic E-state index is 9.25. The van der Waals surface area contributed by atoms with Gasteiger partial charge < -0.3 is 25.2 Å². The lowest BCUT2D eigenvalue weighted by atomic mass is 9.85. The first-order valence-corrected chi connectivity index (χ1v) is 4.64. The summed E-state index contributed by atoms with van der Waals surface area (Å²) in [4.78, 5) is 9.25. The zero-order valence-corrected chi connectivity index (χ0v) is 9.59. The van der Waals surface area contributed by atoms with Crippen LogP contribution in [0.3, 0.4) is 0 Å². The van der Waals surface area contributed by atoms with E-state index in [-0.39, 0.29) is 25.9 Å². The van der Waals surface area contributed by atoms with Crippen LogP contribution in [0.25, 0.3) is 0 Å². The van der Waals surface area contributed by atoms with Crippen molar-refractivity contribution >= 4 is 5.97 Å². The molecule has 4 N–H and O–H groups in total. The van der Waals surface area contributed by atoms with E-state index in [1.807, 2.05) is 0 Å². The number of carboxylic acid groups (broad SMARTS) is 1. The van der Waals surface area contributed by atoms with Crippen molar-refractivity contribution in [2.75, 3.05) is 26.9 Å². The van der Waals surface area contributed by atoms with E-state index < -0.39 is 11.4 Å². The number of aliphatic hydroxyl groups excluding tert-OH is 3. The molecule has 0 saturated carbocycles. The van der Waals surface area contributed by atoms with Gasteiger partial charge in [-0.05, 0) is 6.92 Å². The molecule has 1 atom stereocenters. The zero-order valence-electron chi connectivity index (χ0n) is 9.59. The lowest BCUT2D eigenvalue weighted by molar-refractivity contribution is -0.131. The standard InChI is InChI=1S/C7H16O4.C3H4O2/c1-6(11-2)7(3-8,4-9)5-10;1-2-3(4)5/h6,8-10H,3-5H2,1-2H3;2H,1H2,(H,4,5). The van der Waals surface area contributed by atoms with Crippen LogP contribution in [-0.2, 0) is 9.53 Å². The van der Waals surface area contributed by atoms with Gasteiger partial charge in [0, 0.05) is 13.2 Å². The molecule has 0 fully saturated rings. The zero-order chi connectivity index (χ0) is 13.2. The van der Waals surface area contributed by atoms with Gasteiger partial charge in [0.1, 0.15) is 0 Å². The molecule has 0 radical (unpaired) electrons. The van der Waals surface area contributed by atoms with Crippen molar-refractivity contribution in [1.29, 1.82) is 0 Å². The van der Waals surface area contributed by atoms with E-state index in [0.717, 1.165) is 6.08 Å². The Balaban J connectivity index is 0. The van der Waals surface area contributed by atoms with E-state index in [0.29, 0.717) is 0 Å². The molecule has 96 valence electrons. The van der Waals surface area contributed by atoms with Gasteiger partial charge in [0.25, 0.3) is 0 Å². The molecule has 0 bridgehead atoms. The van der Waals surface area contributed by atoms with Gasteiger partial charge in [-0.2, -0.15) is 0 Å². The second-order valence-electron chi connectivity index (χ2n) is 3.26. The molecule has 0 amide bonds. The van der Waals surface area contributed by atoms with Crippen LogP contribution in [0, 0.1) is 5.41 Å². The fraction of sp³-hybridized carbons (Fsp3) is 0.700. The monoisotopic (exact) mass is 236 g/mol. The van der Waals surface area contributed by atoms with Crippen LogP contribution in [-0.4, -0.2) is 59.4 Å². The van der Waals surface area contributed by atoms with Crippen LogP contribution < -0.4 is 0 Å². The van der Waals surface area contributed by atoms with Crippen LogP contribution in [0.1, 0.15) is 6.92 Å². The molecule has 6 heteroatoms. The van der Waals surface area contributed by atoms with Crippen LogP contribution >= 0.6 is 0 Å². The summed E-state index contributed by atoms with van der Waals surface area (Å²) in [6, 6.07) is 0. The molecule has 6 nitrogen and oxygen atoms in total. The predicted octanol–water partition coefficient (Wildman–Crippen LogP) is -0.758.